The second kappa shape index (κ2) is 6.23. The lowest BCUT2D eigenvalue weighted by Gasteiger charge is -2.31. The zero-order valence-electron chi connectivity index (χ0n) is 13.4. The Kier molecular flexibility index (Phi) is 4.21. The second-order valence-electron chi connectivity index (χ2n) is 6.08. The molecular formula is C18H16O8. The lowest BCUT2D eigenvalue weighted by molar-refractivity contribution is -0.154. The largest absolute Gasteiger partial charge is 0.504 e. The molecule has 2 aromatic carbocycles. The Bertz CT molecular complexity index is 877. The Hall–Kier alpha value is -3.26. The van der Waals surface area contributed by atoms with Crippen molar-refractivity contribution < 1.29 is 39.9 Å². The van der Waals surface area contributed by atoms with Gasteiger partial charge in [-0.3, -0.25) is 4.79 Å². The molecule has 0 fully saturated rings. The zero-order valence-corrected chi connectivity index (χ0v) is 13.4. The molecule has 5 N–H and O–H groups in total. The minimum atomic E-state index is -1.94. The number of aromatic hydroxyl groups is 2. The number of hydrogen-bond acceptors (Lipinski definition) is 6. The van der Waals surface area contributed by atoms with Gasteiger partial charge in [-0.25, -0.2) is 4.79 Å². The molecule has 0 spiro atoms. The smallest absolute Gasteiger partial charge is 0.332 e. The Labute approximate surface area is 147 Å². The number of aliphatic hydroxyl groups excluding tert-OH is 1. The third-order valence-electron chi connectivity index (χ3n) is 4.54. The summed E-state index contributed by atoms with van der Waals surface area (Å²) in [6.07, 6.45) is -3.78. The molecule has 0 aromatic heterocycles. The van der Waals surface area contributed by atoms with E-state index in [1.165, 1.54) is 18.2 Å². The summed E-state index contributed by atoms with van der Waals surface area (Å²) in [6, 6.07) is 9.96. The van der Waals surface area contributed by atoms with E-state index in [2.05, 4.69) is 0 Å². The summed E-state index contributed by atoms with van der Waals surface area (Å²) in [5.41, 5.74) is -1.44. The maximum atomic E-state index is 12.3. The topological polar surface area (TPSA) is 145 Å². The number of aliphatic carboxylic acids is 2. The first-order chi connectivity index (χ1) is 12.3. The van der Waals surface area contributed by atoms with Crippen LogP contribution in [0, 0.1) is 0 Å². The van der Waals surface area contributed by atoms with Crippen LogP contribution in [0.2, 0.25) is 0 Å². The van der Waals surface area contributed by atoms with Crippen LogP contribution in [0.5, 0.6) is 17.2 Å². The Morgan fingerprint density at radius 2 is 1.77 bits per heavy atom. The highest BCUT2D eigenvalue weighted by Gasteiger charge is 2.57. The van der Waals surface area contributed by atoms with Crippen LogP contribution in [0.1, 0.15) is 23.7 Å². The van der Waals surface area contributed by atoms with Crippen molar-refractivity contribution in [3.63, 3.8) is 0 Å². The molecule has 1 aliphatic heterocycles. The lowest BCUT2D eigenvalue weighted by Crippen LogP contribution is -2.44. The van der Waals surface area contributed by atoms with Gasteiger partial charge in [-0.15, -0.1) is 0 Å². The fourth-order valence-electron chi connectivity index (χ4n) is 3.29. The second-order valence-corrected chi connectivity index (χ2v) is 6.08. The average molecular weight is 360 g/mol. The number of para-hydroxylation sites is 1. The van der Waals surface area contributed by atoms with Crippen LogP contribution in [-0.2, 0) is 15.0 Å². The van der Waals surface area contributed by atoms with Crippen LogP contribution >= 0.6 is 0 Å². The number of aliphatic hydroxyl groups is 1. The fourth-order valence-corrected chi connectivity index (χ4v) is 3.29. The predicted molar refractivity (Wildman–Crippen MR) is 87.2 cm³/mol. The average Bonchev–Trinajstić information content (AvgIpc) is 2.93. The molecule has 0 unspecified atom stereocenters. The van der Waals surface area contributed by atoms with E-state index < -0.39 is 47.5 Å². The SMILES string of the molecule is O=C(O)[C@@H](O)C[C@]1(C(=O)O)c2ccccc2O[C@@H]1c1ccc(O)c(O)c1. The molecule has 0 aliphatic carbocycles. The summed E-state index contributed by atoms with van der Waals surface area (Å²) in [6.45, 7) is 0. The summed E-state index contributed by atoms with van der Waals surface area (Å²) in [4.78, 5) is 23.4. The maximum absolute atomic E-state index is 12.3. The van der Waals surface area contributed by atoms with Crippen molar-refractivity contribution in [2.45, 2.75) is 24.0 Å². The Morgan fingerprint density at radius 1 is 1.08 bits per heavy atom. The van der Waals surface area contributed by atoms with Crippen molar-refractivity contribution in [3.8, 4) is 17.2 Å². The molecule has 3 rings (SSSR count). The highest BCUT2D eigenvalue weighted by molar-refractivity contribution is 5.86. The lowest BCUT2D eigenvalue weighted by atomic mass is 9.71. The number of benzene rings is 2. The molecule has 8 heteroatoms. The molecule has 3 atom stereocenters. The Balaban J connectivity index is 2.20. The van der Waals surface area contributed by atoms with Gasteiger partial charge in [0.2, 0.25) is 0 Å². The van der Waals surface area contributed by atoms with E-state index in [0.717, 1.165) is 6.07 Å². The standard InChI is InChI=1S/C18H16O8/c19-11-6-5-9(7-12(11)20)15-18(17(24)25,8-13(21)16(22)23)10-3-1-2-4-14(10)26-15/h1-7,13,15,19-21H,8H2,(H,22,23)(H,24,25)/t13-,15+,18-/m0/s1. The molecule has 1 aliphatic rings. The van der Waals surface area contributed by atoms with Crippen molar-refractivity contribution >= 4 is 11.9 Å². The van der Waals surface area contributed by atoms with Crippen molar-refractivity contribution in [2.24, 2.45) is 0 Å². The van der Waals surface area contributed by atoms with E-state index in [1.54, 1.807) is 18.2 Å². The quantitative estimate of drug-likeness (QED) is 0.503. The minimum absolute atomic E-state index is 0.219. The zero-order chi connectivity index (χ0) is 19.1. The van der Waals surface area contributed by atoms with Gasteiger partial charge >= 0.3 is 11.9 Å². The molecule has 0 amide bonds. The van der Waals surface area contributed by atoms with E-state index in [0.29, 0.717) is 0 Å². The van der Waals surface area contributed by atoms with Crippen LogP contribution in [0.15, 0.2) is 42.5 Å². The van der Waals surface area contributed by atoms with Crippen LogP contribution in [0.3, 0.4) is 0 Å². The highest BCUT2D eigenvalue weighted by Crippen LogP contribution is 2.53. The number of phenolic OH excluding ortho intramolecular Hbond substituents is 2. The van der Waals surface area contributed by atoms with Crippen molar-refractivity contribution in [1.29, 1.82) is 0 Å². The third-order valence-corrected chi connectivity index (χ3v) is 4.54. The number of carboxylic acid groups (broad SMARTS) is 2. The van der Waals surface area contributed by atoms with Gasteiger partial charge in [-0.1, -0.05) is 24.3 Å². The molecule has 0 saturated carbocycles. The van der Waals surface area contributed by atoms with Gasteiger partial charge in [0.15, 0.2) is 17.6 Å². The first-order valence-corrected chi connectivity index (χ1v) is 7.69. The molecule has 1 heterocycles. The van der Waals surface area contributed by atoms with E-state index >= 15 is 0 Å². The molecule has 2 aromatic rings. The van der Waals surface area contributed by atoms with Crippen LogP contribution < -0.4 is 4.74 Å². The number of rotatable bonds is 5. The number of fused-ring (bicyclic) bond motifs is 1. The van der Waals surface area contributed by atoms with Gasteiger partial charge in [0.05, 0.1) is 0 Å². The van der Waals surface area contributed by atoms with E-state index in [-0.39, 0.29) is 16.9 Å². The number of ether oxygens (including phenoxy) is 1. The molecular weight excluding hydrogens is 344 g/mol. The van der Waals surface area contributed by atoms with Gasteiger partial charge in [-0.05, 0) is 23.8 Å². The summed E-state index contributed by atoms with van der Waals surface area (Å²) < 4.78 is 5.77. The molecule has 26 heavy (non-hydrogen) atoms. The van der Waals surface area contributed by atoms with Gasteiger partial charge in [0.1, 0.15) is 17.3 Å². The third kappa shape index (κ3) is 2.60. The van der Waals surface area contributed by atoms with Gasteiger partial charge < -0.3 is 30.3 Å². The van der Waals surface area contributed by atoms with Gasteiger partial charge in [-0.2, -0.15) is 0 Å². The first-order valence-electron chi connectivity index (χ1n) is 7.69. The van der Waals surface area contributed by atoms with Crippen LogP contribution in [0.4, 0.5) is 0 Å². The predicted octanol–water partition coefficient (Wildman–Crippen LogP) is 1.39. The molecule has 0 radical (unpaired) electrons. The number of carboxylic acids is 2. The van der Waals surface area contributed by atoms with Gasteiger partial charge in [0, 0.05) is 12.0 Å². The molecule has 8 nitrogen and oxygen atoms in total. The number of phenols is 2. The molecule has 0 saturated heterocycles. The molecule has 0 bridgehead atoms. The Morgan fingerprint density at radius 3 is 2.38 bits per heavy atom. The summed E-state index contributed by atoms with van der Waals surface area (Å²) >= 11 is 0. The molecule has 136 valence electrons. The summed E-state index contributed by atoms with van der Waals surface area (Å²) in [5, 5.41) is 48.2. The van der Waals surface area contributed by atoms with Gasteiger partial charge in [0.25, 0.3) is 0 Å². The summed E-state index contributed by atoms with van der Waals surface area (Å²) in [5.74, 6) is -3.55. The van der Waals surface area contributed by atoms with E-state index in [4.69, 9.17) is 9.84 Å². The van der Waals surface area contributed by atoms with Crippen molar-refractivity contribution in [3.05, 3.63) is 53.6 Å². The number of hydrogen-bond donors (Lipinski definition) is 5. The van der Waals surface area contributed by atoms with Crippen LogP contribution in [-0.4, -0.2) is 43.6 Å². The first kappa shape index (κ1) is 17.6. The van der Waals surface area contributed by atoms with Crippen molar-refractivity contribution in [1.82, 2.24) is 0 Å². The monoisotopic (exact) mass is 360 g/mol. The van der Waals surface area contributed by atoms with Crippen molar-refractivity contribution in [2.75, 3.05) is 0 Å². The fraction of sp³-hybridized carbons (Fsp3) is 0.222. The normalized spacial score (nSPS) is 22.3. The maximum Gasteiger partial charge on any atom is 0.332 e. The minimum Gasteiger partial charge on any atom is -0.504 e. The van der Waals surface area contributed by atoms with Crippen LogP contribution in [0.25, 0.3) is 0 Å². The highest BCUT2D eigenvalue weighted by atomic mass is 16.5. The summed E-state index contributed by atoms with van der Waals surface area (Å²) in [7, 11) is 0. The number of carbonyl (C=O) groups is 2. The van der Waals surface area contributed by atoms with E-state index in [9.17, 15) is 30.0 Å². The van der Waals surface area contributed by atoms with E-state index in [1.807, 2.05) is 0 Å².